The summed E-state index contributed by atoms with van der Waals surface area (Å²) in [6, 6.07) is 12.7. The Morgan fingerprint density at radius 2 is 1.72 bits per heavy atom. The fraction of sp³-hybridized carbons (Fsp3) is 0.250. The van der Waals surface area contributed by atoms with Crippen LogP contribution < -0.4 is 16.0 Å². The summed E-state index contributed by atoms with van der Waals surface area (Å²) in [6.07, 6.45) is 4.93. The number of aromatic nitrogens is 4. The molecule has 0 aliphatic heterocycles. The molecule has 150 valence electrons. The molecule has 3 heterocycles. The van der Waals surface area contributed by atoms with Crippen LogP contribution in [0.3, 0.4) is 0 Å². The minimum atomic E-state index is -0.742. The fourth-order valence-corrected chi connectivity index (χ4v) is 2.63. The maximum Gasteiger partial charge on any atom is 0.314 e. The fourth-order valence-electron chi connectivity index (χ4n) is 2.63. The standard InChI is InChI=1S/C20H23N7O2/c1-15-14-18(27(26-15)17-9-3-5-12-23-17)25-20(29)19(28)24-13-7-6-11-22-16-8-2-4-10-21-16/h2-5,8-10,12,14H,6-7,11,13H2,1H3,(H,21,22)(H,24,28)(H,25,29). The number of unbranched alkanes of at least 4 members (excludes halogenated alkanes) is 1. The first-order chi connectivity index (χ1) is 14.1. The number of pyridine rings is 2. The van der Waals surface area contributed by atoms with Crippen molar-refractivity contribution in [3.8, 4) is 5.82 Å². The molecule has 0 unspecified atom stereocenters. The van der Waals surface area contributed by atoms with Crippen LogP contribution in [0.2, 0.25) is 0 Å². The zero-order valence-electron chi connectivity index (χ0n) is 16.1. The zero-order valence-corrected chi connectivity index (χ0v) is 16.1. The summed E-state index contributed by atoms with van der Waals surface area (Å²) in [5, 5.41) is 12.7. The second-order valence-electron chi connectivity index (χ2n) is 6.33. The zero-order chi connectivity index (χ0) is 20.5. The molecule has 3 rings (SSSR count). The topological polar surface area (TPSA) is 114 Å². The highest BCUT2D eigenvalue weighted by atomic mass is 16.2. The number of hydrogen-bond acceptors (Lipinski definition) is 6. The number of nitrogens with one attached hydrogen (secondary N) is 3. The molecule has 0 aliphatic rings. The van der Waals surface area contributed by atoms with Crippen LogP contribution in [-0.4, -0.2) is 44.7 Å². The number of aryl methyl sites for hydroxylation is 1. The van der Waals surface area contributed by atoms with E-state index in [2.05, 4.69) is 31.0 Å². The first-order valence-electron chi connectivity index (χ1n) is 9.35. The van der Waals surface area contributed by atoms with Crippen molar-refractivity contribution < 1.29 is 9.59 Å². The third-order valence-electron chi connectivity index (χ3n) is 4.01. The monoisotopic (exact) mass is 393 g/mol. The van der Waals surface area contributed by atoms with E-state index in [1.807, 2.05) is 24.3 Å². The lowest BCUT2D eigenvalue weighted by Crippen LogP contribution is -2.36. The van der Waals surface area contributed by atoms with Gasteiger partial charge in [0.25, 0.3) is 0 Å². The minimum Gasteiger partial charge on any atom is -0.370 e. The molecule has 3 aromatic rings. The Kier molecular flexibility index (Phi) is 6.88. The summed E-state index contributed by atoms with van der Waals surface area (Å²) in [7, 11) is 0. The Hall–Kier alpha value is -3.75. The van der Waals surface area contributed by atoms with E-state index in [4.69, 9.17) is 0 Å². The molecule has 2 amide bonds. The molecule has 0 fully saturated rings. The minimum absolute atomic E-state index is 0.390. The number of carbonyl (C=O) groups is 2. The van der Waals surface area contributed by atoms with Gasteiger partial charge < -0.3 is 16.0 Å². The van der Waals surface area contributed by atoms with Crippen molar-refractivity contribution >= 4 is 23.5 Å². The van der Waals surface area contributed by atoms with Gasteiger partial charge in [-0.1, -0.05) is 12.1 Å². The van der Waals surface area contributed by atoms with Crippen molar-refractivity contribution in [2.45, 2.75) is 19.8 Å². The van der Waals surface area contributed by atoms with Crippen molar-refractivity contribution in [2.75, 3.05) is 23.7 Å². The maximum atomic E-state index is 12.2. The van der Waals surface area contributed by atoms with E-state index in [1.165, 1.54) is 4.68 Å². The molecule has 0 saturated heterocycles. The summed E-state index contributed by atoms with van der Waals surface area (Å²) in [6.45, 7) is 2.95. The van der Waals surface area contributed by atoms with Crippen molar-refractivity contribution in [1.29, 1.82) is 0 Å². The predicted molar refractivity (Wildman–Crippen MR) is 110 cm³/mol. The Morgan fingerprint density at radius 1 is 0.966 bits per heavy atom. The molecular formula is C20H23N7O2. The molecule has 9 heteroatoms. The predicted octanol–water partition coefficient (Wildman–Crippen LogP) is 1.92. The highest BCUT2D eigenvalue weighted by molar-refractivity contribution is 6.39. The third-order valence-corrected chi connectivity index (χ3v) is 4.01. The van der Waals surface area contributed by atoms with Gasteiger partial charge in [-0.25, -0.2) is 9.97 Å². The Morgan fingerprint density at radius 3 is 2.45 bits per heavy atom. The van der Waals surface area contributed by atoms with Gasteiger partial charge in [-0.15, -0.1) is 0 Å². The number of nitrogens with zero attached hydrogens (tertiary/aromatic N) is 4. The van der Waals surface area contributed by atoms with E-state index in [1.54, 1.807) is 37.5 Å². The quantitative estimate of drug-likeness (QED) is 0.398. The van der Waals surface area contributed by atoms with Gasteiger partial charge in [-0.2, -0.15) is 9.78 Å². The van der Waals surface area contributed by atoms with Gasteiger partial charge in [0.05, 0.1) is 5.69 Å². The van der Waals surface area contributed by atoms with Gasteiger partial charge in [-0.3, -0.25) is 9.59 Å². The summed E-state index contributed by atoms with van der Waals surface area (Å²) >= 11 is 0. The Labute approximate surface area is 168 Å². The van der Waals surface area contributed by atoms with Gasteiger partial charge in [0.1, 0.15) is 11.6 Å². The van der Waals surface area contributed by atoms with Crippen LogP contribution in [0, 0.1) is 6.92 Å². The first kappa shape index (κ1) is 20.0. The summed E-state index contributed by atoms with van der Waals surface area (Å²) < 4.78 is 1.49. The molecule has 9 nitrogen and oxygen atoms in total. The first-order valence-corrected chi connectivity index (χ1v) is 9.35. The summed E-state index contributed by atoms with van der Waals surface area (Å²) in [5.74, 6) is 0.330. The van der Waals surface area contributed by atoms with Crippen molar-refractivity contribution in [3.05, 3.63) is 60.6 Å². The average molecular weight is 393 g/mol. The summed E-state index contributed by atoms with van der Waals surface area (Å²) in [5.41, 5.74) is 0.701. The lowest BCUT2D eigenvalue weighted by atomic mass is 10.3. The van der Waals surface area contributed by atoms with E-state index in [9.17, 15) is 9.59 Å². The van der Waals surface area contributed by atoms with Gasteiger partial charge in [0.15, 0.2) is 5.82 Å². The molecule has 0 aliphatic carbocycles. The highest BCUT2D eigenvalue weighted by Gasteiger charge is 2.17. The molecule has 3 aromatic heterocycles. The van der Waals surface area contributed by atoms with E-state index in [0.29, 0.717) is 23.9 Å². The number of amides is 2. The van der Waals surface area contributed by atoms with Gasteiger partial charge in [0, 0.05) is 31.5 Å². The van der Waals surface area contributed by atoms with Crippen LogP contribution in [0.1, 0.15) is 18.5 Å². The third kappa shape index (κ3) is 5.86. The van der Waals surface area contributed by atoms with E-state index >= 15 is 0 Å². The highest BCUT2D eigenvalue weighted by Crippen LogP contribution is 2.15. The van der Waals surface area contributed by atoms with Crippen molar-refractivity contribution in [1.82, 2.24) is 25.1 Å². The molecular weight excluding hydrogens is 370 g/mol. The lowest BCUT2D eigenvalue weighted by molar-refractivity contribution is -0.136. The van der Waals surface area contributed by atoms with Crippen LogP contribution in [0.5, 0.6) is 0 Å². The Balaban J connectivity index is 1.42. The maximum absolute atomic E-state index is 12.2. The van der Waals surface area contributed by atoms with E-state index in [0.717, 1.165) is 25.2 Å². The molecule has 3 N–H and O–H groups in total. The van der Waals surface area contributed by atoms with E-state index in [-0.39, 0.29) is 0 Å². The normalized spacial score (nSPS) is 10.4. The van der Waals surface area contributed by atoms with Gasteiger partial charge in [0.2, 0.25) is 0 Å². The second-order valence-corrected chi connectivity index (χ2v) is 6.33. The Bertz CT molecular complexity index is 942. The molecule has 0 aromatic carbocycles. The molecule has 0 atom stereocenters. The molecule has 0 spiro atoms. The second kappa shape index (κ2) is 9.98. The number of carbonyl (C=O) groups excluding carboxylic acids is 2. The van der Waals surface area contributed by atoms with Gasteiger partial charge in [-0.05, 0) is 44.0 Å². The summed E-state index contributed by atoms with van der Waals surface area (Å²) in [4.78, 5) is 32.7. The molecule has 0 saturated carbocycles. The number of rotatable bonds is 8. The molecule has 0 radical (unpaired) electrons. The van der Waals surface area contributed by atoms with Crippen molar-refractivity contribution in [2.24, 2.45) is 0 Å². The van der Waals surface area contributed by atoms with Gasteiger partial charge >= 0.3 is 11.8 Å². The lowest BCUT2D eigenvalue weighted by Gasteiger charge is -2.09. The average Bonchev–Trinajstić information content (AvgIpc) is 3.11. The van der Waals surface area contributed by atoms with Crippen LogP contribution >= 0.6 is 0 Å². The van der Waals surface area contributed by atoms with Crippen LogP contribution in [0.25, 0.3) is 5.82 Å². The SMILES string of the molecule is Cc1cc(NC(=O)C(=O)NCCCCNc2ccccn2)n(-c2ccccn2)n1. The largest absolute Gasteiger partial charge is 0.370 e. The van der Waals surface area contributed by atoms with Crippen molar-refractivity contribution in [3.63, 3.8) is 0 Å². The number of anilines is 2. The smallest absolute Gasteiger partial charge is 0.314 e. The molecule has 0 bridgehead atoms. The van der Waals surface area contributed by atoms with Crippen LogP contribution in [0.4, 0.5) is 11.6 Å². The molecule has 29 heavy (non-hydrogen) atoms. The van der Waals surface area contributed by atoms with Crippen LogP contribution in [-0.2, 0) is 9.59 Å². The number of hydrogen-bond donors (Lipinski definition) is 3. The van der Waals surface area contributed by atoms with E-state index < -0.39 is 11.8 Å². The van der Waals surface area contributed by atoms with Crippen LogP contribution in [0.15, 0.2) is 54.9 Å².